The molecule has 7 nitrogen and oxygen atoms in total. The first-order chi connectivity index (χ1) is 17.2. The third-order valence-corrected chi connectivity index (χ3v) is 6.76. The number of methoxy groups -OCH3 is 1. The number of nitrogens with one attached hydrogen (secondary N) is 2. The van der Waals surface area contributed by atoms with Crippen LogP contribution in [0.3, 0.4) is 0 Å². The number of carbonyl (C=O) groups is 2. The summed E-state index contributed by atoms with van der Waals surface area (Å²) in [7, 11) is 1.63. The van der Waals surface area contributed by atoms with Gasteiger partial charge in [-0.25, -0.2) is 0 Å². The van der Waals surface area contributed by atoms with Crippen LogP contribution in [0.25, 0.3) is 10.9 Å². The van der Waals surface area contributed by atoms with Gasteiger partial charge in [0.25, 0.3) is 5.91 Å². The van der Waals surface area contributed by atoms with Gasteiger partial charge in [0, 0.05) is 49.9 Å². The minimum absolute atomic E-state index is 0.0841. The predicted octanol–water partition coefficient (Wildman–Crippen LogP) is 3.54. The lowest BCUT2D eigenvalue weighted by molar-refractivity contribution is -0.173. The number of nitrogens with zero attached hydrogens (tertiary/aromatic N) is 2. The van der Waals surface area contributed by atoms with Crippen molar-refractivity contribution in [3.05, 3.63) is 58.9 Å². The van der Waals surface area contributed by atoms with E-state index in [9.17, 15) is 22.8 Å². The molecule has 194 valence electrons. The molecule has 2 amide bonds. The molecule has 4 rings (SSSR count). The summed E-state index contributed by atoms with van der Waals surface area (Å²) in [6.07, 6.45) is 2.02. The van der Waals surface area contributed by atoms with E-state index in [0.717, 1.165) is 48.1 Å². The van der Waals surface area contributed by atoms with Crippen molar-refractivity contribution >= 4 is 22.7 Å². The second-order valence-electron chi connectivity index (χ2n) is 9.17. The SMILES string of the molecule is COCCn1cc(C(=O)N2CC=C(CNC(=O)C(F)(F)F)C=C2C2CCNCC2)c2cccc(C)c21. The van der Waals surface area contributed by atoms with Crippen molar-refractivity contribution in [1.29, 1.82) is 0 Å². The van der Waals surface area contributed by atoms with Crippen LogP contribution in [0.2, 0.25) is 0 Å². The summed E-state index contributed by atoms with van der Waals surface area (Å²) in [6.45, 7) is 4.68. The number of piperidine rings is 1. The fourth-order valence-electron chi connectivity index (χ4n) is 4.93. The number of allylic oxidation sites excluding steroid dienone is 1. The zero-order valence-corrected chi connectivity index (χ0v) is 20.5. The molecule has 0 saturated carbocycles. The van der Waals surface area contributed by atoms with Crippen LogP contribution in [0.15, 0.2) is 47.8 Å². The number of para-hydroxylation sites is 1. The Morgan fingerprint density at radius 2 is 1.97 bits per heavy atom. The largest absolute Gasteiger partial charge is 0.471 e. The third kappa shape index (κ3) is 5.49. The summed E-state index contributed by atoms with van der Waals surface area (Å²) in [6, 6.07) is 5.87. The van der Waals surface area contributed by atoms with E-state index in [1.54, 1.807) is 24.2 Å². The van der Waals surface area contributed by atoms with Gasteiger partial charge in [-0.15, -0.1) is 0 Å². The van der Waals surface area contributed by atoms with Crippen molar-refractivity contribution in [3.8, 4) is 0 Å². The highest BCUT2D eigenvalue weighted by molar-refractivity contribution is 6.08. The Hall–Kier alpha value is -3.11. The van der Waals surface area contributed by atoms with Crippen LogP contribution in [0.5, 0.6) is 0 Å². The quantitative estimate of drug-likeness (QED) is 0.605. The second kappa shape index (κ2) is 10.9. The highest BCUT2D eigenvalue weighted by Gasteiger charge is 2.38. The summed E-state index contributed by atoms with van der Waals surface area (Å²) < 4.78 is 45.2. The smallest absolute Gasteiger partial charge is 0.383 e. The van der Waals surface area contributed by atoms with Crippen molar-refractivity contribution < 1.29 is 27.5 Å². The lowest BCUT2D eigenvalue weighted by atomic mass is 9.90. The van der Waals surface area contributed by atoms with Gasteiger partial charge in [-0.05, 0) is 50.1 Å². The van der Waals surface area contributed by atoms with Crippen LogP contribution in [0.1, 0.15) is 28.8 Å². The van der Waals surface area contributed by atoms with Gasteiger partial charge in [0.2, 0.25) is 0 Å². The van der Waals surface area contributed by atoms with E-state index < -0.39 is 12.1 Å². The van der Waals surface area contributed by atoms with Gasteiger partial charge in [-0.1, -0.05) is 24.3 Å². The van der Waals surface area contributed by atoms with Gasteiger partial charge in [0.1, 0.15) is 0 Å². The highest BCUT2D eigenvalue weighted by atomic mass is 19.4. The van der Waals surface area contributed by atoms with Crippen LogP contribution in [-0.2, 0) is 16.1 Å². The van der Waals surface area contributed by atoms with Crippen LogP contribution >= 0.6 is 0 Å². The minimum atomic E-state index is -4.94. The van der Waals surface area contributed by atoms with Crippen LogP contribution in [-0.4, -0.2) is 67.4 Å². The van der Waals surface area contributed by atoms with E-state index in [1.165, 1.54) is 0 Å². The minimum Gasteiger partial charge on any atom is -0.383 e. The Kier molecular flexibility index (Phi) is 7.85. The number of carbonyl (C=O) groups excluding carboxylic acids is 2. The van der Waals surface area contributed by atoms with Gasteiger partial charge < -0.3 is 24.8 Å². The first-order valence-electron chi connectivity index (χ1n) is 12.1. The maximum atomic E-state index is 13.9. The van der Waals surface area contributed by atoms with Crippen molar-refractivity contribution in [2.45, 2.75) is 32.5 Å². The first-order valence-corrected chi connectivity index (χ1v) is 12.1. The summed E-state index contributed by atoms with van der Waals surface area (Å²) in [5, 5.41) is 6.10. The number of alkyl halides is 3. The number of benzene rings is 1. The number of aromatic nitrogens is 1. The molecular formula is C26H31F3N4O3. The second-order valence-corrected chi connectivity index (χ2v) is 9.17. The molecule has 3 heterocycles. The van der Waals surface area contributed by atoms with E-state index in [4.69, 9.17) is 4.74 Å². The Bertz CT molecular complexity index is 1190. The molecule has 2 N–H and O–H groups in total. The number of ether oxygens (including phenoxy) is 1. The molecule has 1 aromatic heterocycles. The molecule has 36 heavy (non-hydrogen) atoms. The van der Waals surface area contributed by atoms with Crippen molar-refractivity contribution in [2.24, 2.45) is 5.92 Å². The first kappa shape index (κ1) is 26.0. The molecule has 1 aromatic carbocycles. The van der Waals surface area contributed by atoms with Gasteiger partial charge in [0.15, 0.2) is 0 Å². The van der Waals surface area contributed by atoms with E-state index in [1.807, 2.05) is 41.2 Å². The zero-order chi connectivity index (χ0) is 25.9. The number of rotatable bonds is 7. The normalized spacial score (nSPS) is 17.2. The maximum Gasteiger partial charge on any atom is 0.471 e. The number of hydrogen-bond donors (Lipinski definition) is 2. The molecular weight excluding hydrogens is 473 g/mol. The lowest BCUT2D eigenvalue weighted by Gasteiger charge is -2.35. The zero-order valence-electron chi connectivity index (χ0n) is 20.5. The number of fused-ring (bicyclic) bond motifs is 1. The van der Waals surface area contributed by atoms with Gasteiger partial charge in [-0.3, -0.25) is 9.59 Å². The van der Waals surface area contributed by atoms with E-state index in [0.29, 0.717) is 24.3 Å². The lowest BCUT2D eigenvalue weighted by Crippen LogP contribution is -2.41. The summed E-state index contributed by atoms with van der Waals surface area (Å²) >= 11 is 0. The standard InChI is InChI=1S/C26H31F3N4O3/c1-17-4-3-5-20-21(16-32(23(17)20)12-13-36-2)24(34)33-11-8-18(15-31-25(35)26(27,28)29)14-22(33)19-6-9-30-10-7-19/h3-5,8,14,16,19,30H,6-7,9-13,15H2,1-2H3,(H,31,35). The molecule has 0 atom stereocenters. The summed E-state index contributed by atoms with van der Waals surface area (Å²) in [5.41, 5.74) is 3.95. The van der Waals surface area contributed by atoms with E-state index in [2.05, 4.69) is 5.32 Å². The fraction of sp³-hybridized carbons (Fsp3) is 0.462. The van der Waals surface area contributed by atoms with Crippen molar-refractivity contribution in [2.75, 3.05) is 39.9 Å². The molecule has 10 heteroatoms. The number of hydrogen-bond acceptors (Lipinski definition) is 4. The molecule has 0 bridgehead atoms. The molecule has 0 radical (unpaired) electrons. The number of aryl methyl sites for hydroxylation is 1. The Balaban J connectivity index is 1.65. The molecule has 0 spiro atoms. The van der Waals surface area contributed by atoms with Crippen LogP contribution < -0.4 is 10.6 Å². The van der Waals surface area contributed by atoms with Gasteiger partial charge in [-0.2, -0.15) is 13.2 Å². The van der Waals surface area contributed by atoms with Crippen molar-refractivity contribution in [3.63, 3.8) is 0 Å². The molecule has 2 aliphatic heterocycles. The van der Waals surface area contributed by atoms with E-state index >= 15 is 0 Å². The monoisotopic (exact) mass is 504 g/mol. The molecule has 0 unspecified atom stereocenters. The average molecular weight is 505 g/mol. The molecule has 2 aromatic rings. The van der Waals surface area contributed by atoms with Crippen molar-refractivity contribution in [1.82, 2.24) is 20.1 Å². The summed E-state index contributed by atoms with van der Waals surface area (Å²) in [4.78, 5) is 27.0. The predicted molar refractivity (Wildman–Crippen MR) is 130 cm³/mol. The molecule has 2 aliphatic rings. The molecule has 1 fully saturated rings. The van der Waals surface area contributed by atoms with Crippen LogP contribution in [0, 0.1) is 12.8 Å². The third-order valence-electron chi connectivity index (χ3n) is 6.76. The Morgan fingerprint density at radius 3 is 2.67 bits per heavy atom. The summed E-state index contributed by atoms with van der Waals surface area (Å²) in [5.74, 6) is -2.04. The Labute approximate surface area is 208 Å². The highest BCUT2D eigenvalue weighted by Crippen LogP contribution is 2.32. The molecule has 0 aliphatic carbocycles. The number of halogens is 3. The number of amides is 2. The topological polar surface area (TPSA) is 75.6 Å². The molecule has 1 saturated heterocycles. The van der Waals surface area contributed by atoms with Gasteiger partial charge >= 0.3 is 12.1 Å². The van der Waals surface area contributed by atoms with E-state index in [-0.39, 0.29) is 24.9 Å². The van der Waals surface area contributed by atoms with Gasteiger partial charge in [0.05, 0.1) is 17.7 Å². The van der Waals surface area contributed by atoms with Crippen LogP contribution in [0.4, 0.5) is 13.2 Å². The average Bonchev–Trinajstić information content (AvgIpc) is 3.25. The maximum absolute atomic E-state index is 13.9. The Morgan fingerprint density at radius 1 is 1.22 bits per heavy atom. The fourth-order valence-corrected chi connectivity index (χ4v) is 4.93.